The van der Waals surface area contributed by atoms with Gasteiger partial charge < -0.3 is 24.4 Å². The molecule has 1 heterocycles. The van der Waals surface area contributed by atoms with Crippen LogP contribution in [-0.4, -0.2) is 36.6 Å². The van der Waals surface area contributed by atoms with Crippen LogP contribution in [0.4, 0.5) is 0 Å². The molecule has 0 fully saturated rings. The Kier molecular flexibility index (Phi) is 5.40. The summed E-state index contributed by atoms with van der Waals surface area (Å²) in [6.45, 7) is 1.14. The SMILES string of the molecule is COc1cccc(OCC(O)CNCc2ccno2)c1. The molecule has 2 rings (SSSR count). The maximum Gasteiger partial charge on any atom is 0.150 e. The summed E-state index contributed by atoms with van der Waals surface area (Å²) in [7, 11) is 1.60. The van der Waals surface area contributed by atoms with Gasteiger partial charge >= 0.3 is 0 Å². The van der Waals surface area contributed by atoms with Crippen molar-refractivity contribution in [2.75, 3.05) is 20.3 Å². The molecule has 0 aliphatic rings. The summed E-state index contributed by atoms with van der Waals surface area (Å²) < 4.78 is 15.5. The van der Waals surface area contributed by atoms with Crippen molar-refractivity contribution in [3.8, 4) is 11.5 Å². The zero-order chi connectivity index (χ0) is 14.2. The Morgan fingerprint density at radius 1 is 1.35 bits per heavy atom. The second-order valence-corrected chi connectivity index (χ2v) is 4.25. The Morgan fingerprint density at radius 3 is 2.95 bits per heavy atom. The van der Waals surface area contributed by atoms with Crippen molar-refractivity contribution in [2.45, 2.75) is 12.6 Å². The smallest absolute Gasteiger partial charge is 0.150 e. The molecule has 6 heteroatoms. The molecular formula is C14H18N2O4. The van der Waals surface area contributed by atoms with Gasteiger partial charge in [-0.05, 0) is 12.1 Å². The molecule has 0 aliphatic heterocycles. The summed E-state index contributed by atoms with van der Waals surface area (Å²) in [5.41, 5.74) is 0. The van der Waals surface area contributed by atoms with E-state index in [2.05, 4.69) is 10.5 Å². The number of nitrogens with one attached hydrogen (secondary N) is 1. The number of rotatable bonds is 8. The van der Waals surface area contributed by atoms with Crippen molar-refractivity contribution in [3.63, 3.8) is 0 Å². The number of ether oxygens (including phenoxy) is 2. The summed E-state index contributed by atoms with van der Waals surface area (Å²) >= 11 is 0. The van der Waals surface area contributed by atoms with Gasteiger partial charge in [0.15, 0.2) is 0 Å². The summed E-state index contributed by atoms with van der Waals surface area (Å²) in [6, 6.07) is 9.03. The average molecular weight is 278 g/mol. The third kappa shape index (κ3) is 4.56. The van der Waals surface area contributed by atoms with Gasteiger partial charge in [0.2, 0.25) is 0 Å². The maximum atomic E-state index is 9.80. The number of hydrogen-bond acceptors (Lipinski definition) is 6. The lowest BCUT2D eigenvalue weighted by molar-refractivity contribution is 0.105. The topological polar surface area (TPSA) is 76.8 Å². The van der Waals surface area contributed by atoms with Crippen LogP contribution >= 0.6 is 0 Å². The maximum absolute atomic E-state index is 9.80. The van der Waals surface area contributed by atoms with E-state index in [1.165, 1.54) is 0 Å². The summed E-state index contributed by atoms with van der Waals surface area (Å²) in [4.78, 5) is 0. The van der Waals surface area contributed by atoms with Gasteiger partial charge in [-0.1, -0.05) is 11.2 Å². The second kappa shape index (κ2) is 7.52. The molecule has 0 saturated carbocycles. The van der Waals surface area contributed by atoms with Crippen LogP contribution in [-0.2, 0) is 6.54 Å². The predicted octanol–water partition coefficient (Wildman–Crippen LogP) is 1.21. The molecule has 0 bridgehead atoms. The van der Waals surface area contributed by atoms with Crippen LogP contribution in [0.5, 0.6) is 11.5 Å². The molecule has 2 N–H and O–H groups in total. The molecule has 2 aromatic rings. The molecule has 0 aliphatic carbocycles. The second-order valence-electron chi connectivity index (χ2n) is 4.25. The van der Waals surface area contributed by atoms with Crippen molar-refractivity contribution in [3.05, 3.63) is 42.3 Å². The number of aliphatic hydroxyl groups is 1. The van der Waals surface area contributed by atoms with Gasteiger partial charge in [-0.3, -0.25) is 0 Å². The lowest BCUT2D eigenvalue weighted by Crippen LogP contribution is -2.31. The predicted molar refractivity (Wildman–Crippen MR) is 72.7 cm³/mol. The van der Waals surface area contributed by atoms with E-state index in [-0.39, 0.29) is 6.61 Å². The third-order valence-corrected chi connectivity index (χ3v) is 2.65. The van der Waals surface area contributed by atoms with E-state index in [0.717, 1.165) is 11.5 Å². The van der Waals surface area contributed by atoms with Gasteiger partial charge in [-0.25, -0.2) is 0 Å². The molecule has 0 saturated heterocycles. The Balaban J connectivity index is 1.67. The van der Waals surface area contributed by atoms with Gasteiger partial charge in [0.25, 0.3) is 0 Å². The fourth-order valence-corrected chi connectivity index (χ4v) is 1.64. The molecule has 1 aromatic heterocycles. The first-order valence-electron chi connectivity index (χ1n) is 6.33. The molecule has 1 unspecified atom stereocenters. The fourth-order valence-electron chi connectivity index (χ4n) is 1.64. The number of aliphatic hydroxyl groups excluding tert-OH is 1. The van der Waals surface area contributed by atoms with Crippen LogP contribution in [0.15, 0.2) is 41.1 Å². The molecule has 108 valence electrons. The van der Waals surface area contributed by atoms with Crippen LogP contribution in [0.1, 0.15) is 5.76 Å². The lowest BCUT2D eigenvalue weighted by Gasteiger charge is -2.13. The van der Waals surface area contributed by atoms with Crippen LogP contribution < -0.4 is 14.8 Å². The molecule has 6 nitrogen and oxygen atoms in total. The number of aromatic nitrogens is 1. The fraction of sp³-hybridized carbons (Fsp3) is 0.357. The molecule has 0 radical (unpaired) electrons. The van der Waals surface area contributed by atoms with Crippen molar-refractivity contribution in [1.82, 2.24) is 10.5 Å². The van der Waals surface area contributed by atoms with E-state index in [1.807, 2.05) is 18.2 Å². The van der Waals surface area contributed by atoms with E-state index >= 15 is 0 Å². The number of benzene rings is 1. The Hall–Kier alpha value is -2.05. The molecule has 1 aromatic carbocycles. The summed E-state index contributed by atoms with van der Waals surface area (Å²) in [5.74, 6) is 2.12. The first-order valence-corrected chi connectivity index (χ1v) is 6.33. The van der Waals surface area contributed by atoms with E-state index in [0.29, 0.717) is 18.8 Å². The van der Waals surface area contributed by atoms with Crippen LogP contribution in [0.3, 0.4) is 0 Å². The number of methoxy groups -OCH3 is 1. The highest BCUT2D eigenvalue weighted by Crippen LogP contribution is 2.18. The molecule has 1 atom stereocenters. The molecule has 0 amide bonds. The average Bonchev–Trinajstić information content (AvgIpc) is 2.98. The Labute approximate surface area is 117 Å². The van der Waals surface area contributed by atoms with Gasteiger partial charge in [-0.2, -0.15) is 0 Å². The van der Waals surface area contributed by atoms with E-state index in [9.17, 15) is 5.11 Å². The van der Waals surface area contributed by atoms with Crippen LogP contribution in [0.2, 0.25) is 0 Å². The molecular weight excluding hydrogens is 260 g/mol. The minimum Gasteiger partial charge on any atom is -0.497 e. The first kappa shape index (κ1) is 14.4. The highest BCUT2D eigenvalue weighted by molar-refractivity contribution is 5.32. The van der Waals surface area contributed by atoms with E-state index in [4.69, 9.17) is 14.0 Å². The van der Waals surface area contributed by atoms with Crippen molar-refractivity contribution in [2.24, 2.45) is 0 Å². The quantitative estimate of drug-likeness (QED) is 0.756. The normalized spacial score (nSPS) is 12.1. The van der Waals surface area contributed by atoms with E-state index in [1.54, 1.807) is 25.4 Å². The minimum absolute atomic E-state index is 0.205. The minimum atomic E-state index is -0.607. The van der Waals surface area contributed by atoms with Crippen molar-refractivity contribution >= 4 is 0 Å². The van der Waals surface area contributed by atoms with Gasteiger partial charge in [-0.15, -0.1) is 0 Å². The monoisotopic (exact) mass is 278 g/mol. The standard InChI is InChI=1S/C14H18N2O4/c1-18-12-3-2-4-13(7-12)19-10-11(17)8-15-9-14-5-6-16-20-14/h2-7,11,15,17H,8-10H2,1H3. The first-order chi connectivity index (χ1) is 9.78. The highest BCUT2D eigenvalue weighted by atomic mass is 16.5. The zero-order valence-corrected chi connectivity index (χ0v) is 11.3. The number of hydrogen-bond donors (Lipinski definition) is 2. The van der Waals surface area contributed by atoms with Gasteiger partial charge in [0, 0.05) is 18.7 Å². The van der Waals surface area contributed by atoms with Gasteiger partial charge in [0.05, 0.1) is 19.9 Å². The summed E-state index contributed by atoms with van der Waals surface area (Å²) in [6.07, 6.45) is 0.975. The largest absolute Gasteiger partial charge is 0.497 e. The summed E-state index contributed by atoms with van der Waals surface area (Å²) in [5, 5.41) is 16.5. The van der Waals surface area contributed by atoms with Crippen LogP contribution in [0, 0.1) is 0 Å². The highest BCUT2D eigenvalue weighted by Gasteiger charge is 2.06. The van der Waals surface area contributed by atoms with Crippen molar-refractivity contribution in [1.29, 1.82) is 0 Å². The number of nitrogens with zero attached hydrogens (tertiary/aromatic N) is 1. The van der Waals surface area contributed by atoms with Gasteiger partial charge in [0.1, 0.15) is 30.0 Å². The Morgan fingerprint density at radius 2 is 2.20 bits per heavy atom. The van der Waals surface area contributed by atoms with Crippen molar-refractivity contribution < 1.29 is 19.1 Å². The Bertz CT molecular complexity index is 502. The third-order valence-electron chi connectivity index (χ3n) is 2.65. The molecule has 20 heavy (non-hydrogen) atoms. The van der Waals surface area contributed by atoms with E-state index < -0.39 is 6.10 Å². The molecule has 0 spiro atoms. The zero-order valence-electron chi connectivity index (χ0n) is 11.3. The lowest BCUT2D eigenvalue weighted by atomic mass is 10.3. The van der Waals surface area contributed by atoms with Crippen LogP contribution in [0.25, 0.3) is 0 Å².